The van der Waals surface area contributed by atoms with Crippen molar-refractivity contribution in [1.82, 2.24) is 19.6 Å². The van der Waals surface area contributed by atoms with E-state index in [0.717, 1.165) is 25.9 Å². The highest BCUT2D eigenvalue weighted by Crippen LogP contribution is 2.34. The van der Waals surface area contributed by atoms with Gasteiger partial charge in [-0.3, -0.25) is 9.80 Å². The van der Waals surface area contributed by atoms with Gasteiger partial charge in [0, 0.05) is 56.2 Å². The van der Waals surface area contributed by atoms with Crippen LogP contribution in [-0.2, 0) is 0 Å². The van der Waals surface area contributed by atoms with E-state index in [0.29, 0.717) is 0 Å². The molecule has 32 heavy (non-hydrogen) atoms. The predicted octanol–water partition coefficient (Wildman–Crippen LogP) is 4.80. The fourth-order valence-electron chi connectivity index (χ4n) is 5.70. The van der Waals surface area contributed by atoms with Crippen LogP contribution in [0.3, 0.4) is 0 Å². The van der Waals surface area contributed by atoms with Gasteiger partial charge in [0.1, 0.15) is 0 Å². The monoisotopic (exact) mass is 436 g/mol. The first-order valence-electron chi connectivity index (χ1n) is 12.9. The molecule has 0 radical (unpaired) electrons. The molecule has 4 heteroatoms. The van der Waals surface area contributed by atoms with E-state index in [2.05, 4.69) is 76.6 Å². The van der Waals surface area contributed by atoms with Crippen LogP contribution in [0.4, 0.5) is 0 Å². The van der Waals surface area contributed by atoms with Gasteiger partial charge in [-0.2, -0.15) is 0 Å². The predicted molar refractivity (Wildman–Crippen MR) is 137 cm³/mol. The second-order valence-corrected chi connectivity index (χ2v) is 10.2. The molecule has 4 aliphatic rings. The van der Waals surface area contributed by atoms with E-state index in [1.165, 1.54) is 88.3 Å². The van der Waals surface area contributed by atoms with Crippen LogP contribution in [-0.4, -0.2) is 84.5 Å². The molecule has 0 unspecified atom stereocenters. The van der Waals surface area contributed by atoms with Gasteiger partial charge in [-0.05, 0) is 76.7 Å². The SMILES string of the molecule is C=C(CC)N(CC1(N2CCN(CC3=CCCC=C3)CC2)CCN(C)CC1)C1=CCCC=C1. The molecular formula is C28H44N4. The van der Waals surface area contributed by atoms with E-state index in [4.69, 9.17) is 0 Å². The standard InChI is InChI=1S/C28H44N4/c1-4-25(2)32(27-13-9-6-10-14-27)24-28(15-17-29(3)18-16-28)31-21-19-30(20-22-31)23-26-11-7-5-8-12-26/h7,9,11-14H,2,4-6,8,10,15-24H2,1,3H3. The Kier molecular flexibility index (Phi) is 8.09. The van der Waals surface area contributed by atoms with Crippen LogP contribution in [0.5, 0.6) is 0 Å². The molecule has 0 N–H and O–H groups in total. The Morgan fingerprint density at radius 2 is 1.62 bits per heavy atom. The third kappa shape index (κ3) is 5.65. The molecule has 0 amide bonds. The minimum absolute atomic E-state index is 0.243. The number of rotatable bonds is 8. The molecule has 0 aromatic heterocycles. The molecule has 2 heterocycles. The normalized spacial score (nSPS) is 24.8. The van der Waals surface area contributed by atoms with Gasteiger partial charge in [0.25, 0.3) is 0 Å². The maximum atomic E-state index is 4.48. The van der Waals surface area contributed by atoms with E-state index in [1.54, 1.807) is 0 Å². The van der Waals surface area contributed by atoms with Crippen molar-refractivity contribution in [3.8, 4) is 0 Å². The van der Waals surface area contributed by atoms with Gasteiger partial charge in [0.2, 0.25) is 0 Å². The number of piperazine rings is 1. The average molecular weight is 437 g/mol. The van der Waals surface area contributed by atoms with Crippen molar-refractivity contribution in [1.29, 1.82) is 0 Å². The molecule has 0 saturated carbocycles. The quantitative estimate of drug-likeness (QED) is 0.542. The number of hydrogen-bond acceptors (Lipinski definition) is 4. The molecular weight excluding hydrogens is 392 g/mol. The summed E-state index contributed by atoms with van der Waals surface area (Å²) in [5.41, 5.74) is 4.39. The number of piperidine rings is 1. The molecule has 2 saturated heterocycles. The summed E-state index contributed by atoms with van der Waals surface area (Å²) in [5.74, 6) is 0. The summed E-state index contributed by atoms with van der Waals surface area (Å²) in [7, 11) is 2.28. The van der Waals surface area contributed by atoms with Crippen molar-refractivity contribution in [2.24, 2.45) is 0 Å². The minimum Gasteiger partial charge on any atom is -0.344 e. The number of likely N-dealkylation sites (tertiary alicyclic amines) is 1. The number of hydrogen-bond donors (Lipinski definition) is 0. The van der Waals surface area contributed by atoms with Crippen LogP contribution in [0.25, 0.3) is 0 Å². The van der Waals surface area contributed by atoms with Crippen molar-refractivity contribution in [2.75, 3.05) is 59.4 Å². The first-order chi connectivity index (χ1) is 15.6. The molecule has 2 aliphatic carbocycles. The largest absolute Gasteiger partial charge is 0.344 e. The average Bonchev–Trinajstić information content (AvgIpc) is 2.85. The van der Waals surface area contributed by atoms with Crippen LogP contribution < -0.4 is 0 Å². The van der Waals surface area contributed by atoms with Gasteiger partial charge in [-0.1, -0.05) is 43.9 Å². The zero-order valence-corrected chi connectivity index (χ0v) is 20.6. The second-order valence-electron chi connectivity index (χ2n) is 10.2. The molecule has 2 aliphatic heterocycles. The second kappa shape index (κ2) is 11.0. The Labute approximate surface area is 196 Å². The zero-order chi connectivity index (χ0) is 22.4. The smallest absolute Gasteiger partial charge is 0.0413 e. The fraction of sp³-hybridized carbons (Fsp3) is 0.643. The Morgan fingerprint density at radius 3 is 2.22 bits per heavy atom. The Bertz CT molecular complexity index is 758. The summed E-state index contributed by atoms with van der Waals surface area (Å²) in [6.07, 6.45) is 22.5. The van der Waals surface area contributed by atoms with E-state index in [9.17, 15) is 0 Å². The zero-order valence-electron chi connectivity index (χ0n) is 20.6. The summed E-state index contributed by atoms with van der Waals surface area (Å²) < 4.78 is 0. The van der Waals surface area contributed by atoms with Crippen molar-refractivity contribution >= 4 is 0 Å². The fourth-order valence-corrected chi connectivity index (χ4v) is 5.70. The molecule has 0 atom stereocenters. The Morgan fingerprint density at radius 1 is 0.938 bits per heavy atom. The highest BCUT2D eigenvalue weighted by molar-refractivity contribution is 5.26. The molecule has 0 bridgehead atoms. The maximum absolute atomic E-state index is 4.48. The van der Waals surface area contributed by atoms with E-state index in [-0.39, 0.29) is 5.54 Å². The van der Waals surface area contributed by atoms with E-state index < -0.39 is 0 Å². The molecule has 2 fully saturated rings. The third-order valence-electron chi connectivity index (χ3n) is 7.97. The van der Waals surface area contributed by atoms with Gasteiger partial charge < -0.3 is 9.80 Å². The molecule has 0 aromatic carbocycles. The minimum atomic E-state index is 0.243. The van der Waals surface area contributed by atoms with Crippen LogP contribution in [0.1, 0.15) is 51.9 Å². The number of nitrogens with zero attached hydrogens (tertiary/aromatic N) is 4. The van der Waals surface area contributed by atoms with Crippen molar-refractivity contribution in [2.45, 2.75) is 57.4 Å². The van der Waals surface area contributed by atoms with Gasteiger partial charge in [0.15, 0.2) is 0 Å². The molecule has 4 nitrogen and oxygen atoms in total. The summed E-state index contributed by atoms with van der Waals surface area (Å²) >= 11 is 0. The first-order valence-corrected chi connectivity index (χ1v) is 12.9. The van der Waals surface area contributed by atoms with Crippen LogP contribution in [0.15, 0.2) is 60.0 Å². The summed E-state index contributed by atoms with van der Waals surface area (Å²) in [4.78, 5) is 10.6. The lowest BCUT2D eigenvalue weighted by atomic mass is 9.83. The van der Waals surface area contributed by atoms with Crippen LogP contribution in [0.2, 0.25) is 0 Å². The summed E-state index contributed by atoms with van der Waals surface area (Å²) in [5, 5.41) is 0. The summed E-state index contributed by atoms with van der Waals surface area (Å²) in [6, 6.07) is 0. The summed E-state index contributed by atoms with van der Waals surface area (Å²) in [6.45, 7) is 16.0. The van der Waals surface area contributed by atoms with Gasteiger partial charge in [-0.15, -0.1) is 0 Å². The molecule has 176 valence electrons. The molecule has 0 spiro atoms. The lowest BCUT2D eigenvalue weighted by Crippen LogP contribution is -2.64. The maximum Gasteiger partial charge on any atom is 0.0413 e. The molecule has 4 rings (SSSR count). The topological polar surface area (TPSA) is 13.0 Å². The van der Waals surface area contributed by atoms with Crippen molar-refractivity contribution < 1.29 is 0 Å². The van der Waals surface area contributed by atoms with Crippen molar-refractivity contribution in [3.05, 3.63) is 60.0 Å². The van der Waals surface area contributed by atoms with E-state index >= 15 is 0 Å². The molecule has 0 aromatic rings. The van der Waals surface area contributed by atoms with Gasteiger partial charge in [-0.25, -0.2) is 0 Å². The van der Waals surface area contributed by atoms with Gasteiger partial charge >= 0.3 is 0 Å². The van der Waals surface area contributed by atoms with Crippen LogP contribution in [0, 0.1) is 0 Å². The van der Waals surface area contributed by atoms with Crippen molar-refractivity contribution in [3.63, 3.8) is 0 Å². The first kappa shape index (κ1) is 23.5. The number of allylic oxidation sites excluding steroid dienone is 6. The Balaban J connectivity index is 1.47. The highest BCUT2D eigenvalue weighted by atomic mass is 15.3. The Hall–Kier alpha value is -1.62. The lowest BCUT2D eigenvalue weighted by molar-refractivity contribution is -0.0165. The lowest BCUT2D eigenvalue weighted by Gasteiger charge is -2.53. The van der Waals surface area contributed by atoms with Gasteiger partial charge in [0.05, 0.1) is 0 Å². The highest BCUT2D eigenvalue weighted by Gasteiger charge is 2.42. The van der Waals surface area contributed by atoms with E-state index in [1.807, 2.05) is 0 Å². The third-order valence-corrected chi connectivity index (χ3v) is 7.97. The van der Waals surface area contributed by atoms with Crippen LogP contribution >= 0.6 is 0 Å².